The maximum absolute atomic E-state index is 12.6. The molecule has 1 aliphatic rings. The maximum Gasteiger partial charge on any atom is 0.258 e. The maximum atomic E-state index is 12.6. The van der Waals surface area contributed by atoms with Crippen LogP contribution < -0.4 is 5.32 Å². The Balaban J connectivity index is 1.76. The summed E-state index contributed by atoms with van der Waals surface area (Å²) in [5, 5.41) is 16.6. The first kappa shape index (κ1) is 15.1. The molecule has 0 bridgehead atoms. The summed E-state index contributed by atoms with van der Waals surface area (Å²) >= 11 is 0. The number of hydrogen-bond donors (Lipinski definition) is 2. The lowest BCUT2D eigenvalue weighted by atomic mass is 10.1. The molecule has 0 saturated carbocycles. The van der Waals surface area contributed by atoms with Crippen LogP contribution in [-0.4, -0.2) is 44.2 Å². The summed E-state index contributed by atoms with van der Waals surface area (Å²) in [6, 6.07) is 5.83. The van der Waals surface area contributed by atoms with Crippen LogP contribution in [0.15, 0.2) is 36.7 Å². The van der Waals surface area contributed by atoms with Crippen LogP contribution in [0.25, 0.3) is 0 Å². The quantitative estimate of drug-likeness (QED) is 0.895. The second-order valence-corrected chi connectivity index (χ2v) is 5.57. The van der Waals surface area contributed by atoms with E-state index in [1.165, 1.54) is 11.0 Å². The fourth-order valence-electron chi connectivity index (χ4n) is 2.80. The minimum absolute atomic E-state index is 0.0733. The number of phenolic OH excluding ortho intramolecular Hbond substituents is 1. The molecule has 0 spiro atoms. The van der Waals surface area contributed by atoms with Gasteiger partial charge >= 0.3 is 0 Å². The van der Waals surface area contributed by atoms with Gasteiger partial charge in [0.15, 0.2) is 0 Å². The zero-order valence-corrected chi connectivity index (χ0v) is 12.8. The minimum atomic E-state index is -0.540. The molecule has 0 radical (unpaired) electrons. The van der Waals surface area contributed by atoms with Crippen molar-refractivity contribution >= 4 is 17.5 Å². The number of likely N-dealkylation sites (tertiary alicyclic amines) is 1. The third-order valence-electron chi connectivity index (χ3n) is 3.92. The Morgan fingerprint density at radius 2 is 2.13 bits per heavy atom. The zero-order valence-electron chi connectivity index (χ0n) is 12.8. The topological polar surface area (TPSA) is 87.5 Å². The molecule has 2 heterocycles. The third-order valence-corrected chi connectivity index (χ3v) is 3.92. The summed E-state index contributed by atoms with van der Waals surface area (Å²) < 4.78 is 1.59. The van der Waals surface area contributed by atoms with Gasteiger partial charge in [-0.1, -0.05) is 12.1 Å². The smallest absolute Gasteiger partial charge is 0.258 e. The minimum Gasteiger partial charge on any atom is -0.507 e. The van der Waals surface area contributed by atoms with Crippen molar-refractivity contribution in [3.05, 3.63) is 42.2 Å². The van der Waals surface area contributed by atoms with Crippen molar-refractivity contribution in [2.75, 3.05) is 11.9 Å². The fraction of sp³-hybridized carbons (Fsp3) is 0.312. The predicted molar refractivity (Wildman–Crippen MR) is 84.0 cm³/mol. The number of benzene rings is 1. The molecule has 1 fully saturated rings. The fourth-order valence-corrected chi connectivity index (χ4v) is 2.80. The van der Waals surface area contributed by atoms with Crippen molar-refractivity contribution in [1.29, 1.82) is 0 Å². The van der Waals surface area contributed by atoms with Crippen LogP contribution in [0.4, 0.5) is 5.69 Å². The molecule has 2 aromatic rings. The number of nitrogens with zero attached hydrogens (tertiary/aromatic N) is 3. The van der Waals surface area contributed by atoms with Gasteiger partial charge < -0.3 is 15.3 Å². The van der Waals surface area contributed by atoms with Crippen molar-refractivity contribution in [3.63, 3.8) is 0 Å². The Labute approximate surface area is 133 Å². The Kier molecular flexibility index (Phi) is 4.01. The lowest BCUT2D eigenvalue weighted by Gasteiger charge is -2.24. The van der Waals surface area contributed by atoms with Gasteiger partial charge in [-0.15, -0.1) is 0 Å². The average molecular weight is 314 g/mol. The van der Waals surface area contributed by atoms with E-state index in [9.17, 15) is 14.7 Å². The number of rotatable bonds is 3. The van der Waals surface area contributed by atoms with E-state index in [1.54, 1.807) is 42.3 Å². The molecule has 1 atom stereocenters. The van der Waals surface area contributed by atoms with E-state index in [0.717, 1.165) is 6.42 Å². The molecular formula is C16H18N4O3. The lowest BCUT2D eigenvalue weighted by molar-refractivity contribution is -0.119. The summed E-state index contributed by atoms with van der Waals surface area (Å²) in [6.45, 7) is 0.498. The van der Waals surface area contributed by atoms with Gasteiger partial charge in [0.25, 0.3) is 5.91 Å². The highest BCUT2D eigenvalue weighted by molar-refractivity contribution is 6.02. The molecule has 7 heteroatoms. The third kappa shape index (κ3) is 3.03. The van der Waals surface area contributed by atoms with Crippen LogP contribution in [0.5, 0.6) is 5.75 Å². The van der Waals surface area contributed by atoms with E-state index < -0.39 is 6.04 Å². The summed E-state index contributed by atoms with van der Waals surface area (Å²) in [5.41, 5.74) is 0.813. The number of anilines is 1. The number of carbonyl (C=O) groups is 2. The standard InChI is InChI=1S/C16H18N4O3/c1-19-10-11(9-17-19)18-15(22)13-6-4-8-20(13)16(23)12-5-2-3-7-14(12)21/h2-3,5,7,9-10,13,21H,4,6,8H2,1H3,(H,18,22). The molecule has 7 nitrogen and oxygen atoms in total. The summed E-state index contributed by atoms with van der Waals surface area (Å²) in [4.78, 5) is 26.6. The molecule has 0 aliphatic carbocycles. The number of phenols is 1. The molecule has 2 amide bonds. The number of aromatic hydroxyl groups is 1. The first-order valence-corrected chi connectivity index (χ1v) is 7.45. The number of carbonyl (C=O) groups excluding carboxylic acids is 2. The first-order valence-electron chi connectivity index (χ1n) is 7.45. The zero-order chi connectivity index (χ0) is 16.4. The molecule has 1 unspecified atom stereocenters. The highest BCUT2D eigenvalue weighted by Gasteiger charge is 2.35. The van der Waals surface area contributed by atoms with Crippen molar-refractivity contribution in [3.8, 4) is 5.75 Å². The Bertz CT molecular complexity index is 740. The van der Waals surface area contributed by atoms with E-state index in [1.807, 2.05) is 0 Å². The summed E-state index contributed by atoms with van der Waals surface area (Å²) in [7, 11) is 1.76. The van der Waals surface area contributed by atoms with Crippen LogP contribution in [0, 0.1) is 0 Å². The monoisotopic (exact) mass is 314 g/mol. The molecule has 3 rings (SSSR count). The molecular weight excluding hydrogens is 296 g/mol. The first-order chi connectivity index (χ1) is 11.1. The van der Waals surface area contributed by atoms with Crippen LogP contribution in [0.1, 0.15) is 23.2 Å². The Morgan fingerprint density at radius 3 is 2.83 bits per heavy atom. The van der Waals surface area contributed by atoms with E-state index >= 15 is 0 Å². The summed E-state index contributed by atoms with van der Waals surface area (Å²) in [5.74, 6) is -0.637. The highest BCUT2D eigenvalue weighted by atomic mass is 16.3. The molecule has 1 aliphatic heterocycles. The molecule has 1 saturated heterocycles. The number of aryl methyl sites for hydroxylation is 1. The Hall–Kier alpha value is -2.83. The van der Waals surface area contributed by atoms with Gasteiger partial charge in [0.05, 0.1) is 17.4 Å². The van der Waals surface area contributed by atoms with Crippen molar-refractivity contribution < 1.29 is 14.7 Å². The van der Waals surface area contributed by atoms with Crippen molar-refractivity contribution in [1.82, 2.24) is 14.7 Å². The largest absolute Gasteiger partial charge is 0.507 e. The van der Waals surface area contributed by atoms with Crippen LogP contribution in [0.2, 0.25) is 0 Å². The van der Waals surface area contributed by atoms with Gasteiger partial charge in [-0.05, 0) is 25.0 Å². The molecule has 2 N–H and O–H groups in total. The van der Waals surface area contributed by atoms with Gasteiger partial charge in [-0.25, -0.2) is 0 Å². The van der Waals surface area contributed by atoms with Crippen LogP contribution >= 0.6 is 0 Å². The Morgan fingerprint density at radius 1 is 1.35 bits per heavy atom. The van der Waals surface area contributed by atoms with E-state index in [4.69, 9.17) is 0 Å². The van der Waals surface area contributed by atoms with E-state index in [2.05, 4.69) is 10.4 Å². The predicted octanol–water partition coefficient (Wildman–Crippen LogP) is 1.37. The molecule has 1 aromatic heterocycles. The van der Waals surface area contributed by atoms with Gasteiger partial charge in [0.2, 0.25) is 5.91 Å². The number of aromatic nitrogens is 2. The SMILES string of the molecule is Cn1cc(NC(=O)C2CCCN2C(=O)c2ccccc2O)cn1. The number of amides is 2. The van der Waals surface area contributed by atoms with Crippen molar-refractivity contribution in [2.24, 2.45) is 7.05 Å². The van der Waals surface area contributed by atoms with Crippen LogP contribution in [0.3, 0.4) is 0 Å². The number of para-hydroxylation sites is 1. The van der Waals surface area contributed by atoms with Gasteiger partial charge in [-0.2, -0.15) is 5.10 Å². The van der Waals surface area contributed by atoms with Gasteiger partial charge in [-0.3, -0.25) is 14.3 Å². The van der Waals surface area contributed by atoms with Crippen LogP contribution in [-0.2, 0) is 11.8 Å². The lowest BCUT2D eigenvalue weighted by Crippen LogP contribution is -2.43. The van der Waals surface area contributed by atoms with Crippen molar-refractivity contribution in [2.45, 2.75) is 18.9 Å². The molecule has 23 heavy (non-hydrogen) atoms. The molecule has 1 aromatic carbocycles. The van der Waals surface area contributed by atoms with E-state index in [-0.39, 0.29) is 23.1 Å². The van der Waals surface area contributed by atoms with Gasteiger partial charge in [0.1, 0.15) is 11.8 Å². The van der Waals surface area contributed by atoms with E-state index in [0.29, 0.717) is 18.7 Å². The highest BCUT2D eigenvalue weighted by Crippen LogP contribution is 2.25. The summed E-state index contributed by atoms with van der Waals surface area (Å²) in [6.07, 6.45) is 4.61. The number of hydrogen-bond acceptors (Lipinski definition) is 4. The normalized spacial score (nSPS) is 17.3. The average Bonchev–Trinajstić information content (AvgIpc) is 3.16. The number of nitrogens with one attached hydrogen (secondary N) is 1. The molecule has 120 valence electrons. The second kappa shape index (κ2) is 6.12. The second-order valence-electron chi connectivity index (χ2n) is 5.57. The van der Waals surface area contributed by atoms with Gasteiger partial charge in [0, 0.05) is 19.8 Å².